The van der Waals surface area contributed by atoms with Crippen molar-refractivity contribution in [3.63, 3.8) is 0 Å². The van der Waals surface area contributed by atoms with Gasteiger partial charge in [0.05, 0.1) is 0 Å². The maximum Gasteiger partial charge on any atom is 0.252 e. The number of carbonyl (C=O) groups excluding carboxylic acids is 1. The molecule has 0 radical (unpaired) electrons. The number of pyridine rings is 1. The molecule has 1 saturated carbocycles. The summed E-state index contributed by atoms with van der Waals surface area (Å²) in [6.07, 6.45) is 7.74. The molecule has 0 bridgehead atoms. The second-order valence-corrected chi connectivity index (χ2v) is 8.70. The van der Waals surface area contributed by atoms with E-state index >= 15 is 0 Å². The Morgan fingerprint density at radius 1 is 1.10 bits per heavy atom. The molecule has 0 N–H and O–H groups in total. The highest BCUT2D eigenvalue weighted by Gasteiger charge is 2.31. The molecule has 3 aliphatic rings. The Hall–Kier alpha value is -2.48. The van der Waals surface area contributed by atoms with E-state index in [1.807, 2.05) is 22.6 Å². The summed E-state index contributed by atoms with van der Waals surface area (Å²) in [6, 6.07) is 1.93. The summed E-state index contributed by atoms with van der Waals surface area (Å²) < 4.78 is 7.44. The monoisotopic (exact) mass is 411 g/mol. The van der Waals surface area contributed by atoms with Crippen LogP contribution in [0.1, 0.15) is 50.1 Å². The Morgan fingerprint density at radius 2 is 1.87 bits per heavy atom. The van der Waals surface area contributed by atoms with Gasteiger partial charge in [0.2, 0.25) is 5.95 Å². The number of rotatable bonds is 3. The average molecular weight is 412 g/mol. The number of piperazine rings is 1. The summed E-state index contributed by atoms with van der Waals surface area (Å²) in [7, 11) is 0. The van der Waals surface area contributed by atoms with Crippen molar-refractivity contribution in [2.75, 3.05) is 37.7 Å². The number of aromatic nitrogens is 3. The number of hydrogen-bond donors (Lipinski definition) is 0. The predicted octanol–water partition coefficient (Wildman–Crippen LogP) is 2.04. The molecule has 1 aliphatic carbocycles. The number of fused-ring (bicyclic) bond motifs is 1. The molecule has 30 heavy (non-hydrogen) atoms. The first-order valence-corrected chi connectivity index (χ1v) is 11.2. The van der Waals surface area contributed by atoms with Crippen LogP contribution in [0.3, 0.4) is 0 Å². The van der Waals surface area contributed by atoms with Crippen molar-refractivity contribution in [3.05, 3.63) is 28.2 Å². The highest BCUT2D eigenvalue weighted by Crippen LogP contribution is 2.31. The molecule has 0 aromatic carbocycles. The number of ether oxygens (including phenoxy) is 1. The van der Waals surface area contributed by atoms with Gasteiger partial charge in [0.15, 0.2) is 0 Å². The molecule has 2 aromatic heterocycles. The second kappa shape index (κ2) is 7.98. The zero-order chi connectivity index (χ0) is 20.7. The first kappa shape index (κ1) is 19.5. The van der Waals surface area contributed by atoms with Crippen molar-refractivity contribution in [2.24, 2.45) is 0 Å². The molecule has 5 rings (SSSR count). The number of nitrogens with zero attached hydrogens (tertiary/aromatic N) is 5. The van der Waals surface area contributed by atoms with Gasteiger partial charge < -0.3 is 14.5 Å². The molecular formula is C22H29N5O3. The van der Waals surface area contributed by atoms with Crippen molar-refractivity contribution in [2.45, 2.75) is 57.6 Å². The van der Waals surface area contributed by atoms with E-state index in [1.54, 1.807) is 6.07 Å². The third-order valence-electron chi connectivity index (χ3n) is 6.76. The molecule has 160 valence electrons. The van der Waals surface area contributed by atoms with Gasteiger partial charge in [-0.2, -0.15) is 4.98 Å². The first-order chi connectivity index (χ1) is 14.6. The summed E-state index contributed by atoms with van der Waals surface area (Å²) in [6.45, 7) is 5.28. The van der Waals surface area contributed by atoms with Crippen LogP contribution >= 0.6 is 0 Å². The summed E-state index contributed by atoms with van der Waals surface area (Å²) in [4.78, 5) is 38.9. The van der Waals surface area contributed by atoms with Gasteiger partial charge in [-0.3, -0.25) is 14.2 Å². The molecule has 1 unspecified atom stereocenters. The number of aryl methyl sites for hydroxylation is 1. The predicted molar refractivity (Wildman–Crippen MR) is 114 cm³/mol. The lowest BCUT2D eigenvalue weighted by molar-refractivity contribution is -0.141. The van der Waals surface area contributed by atoms with Crippen molar-refractivity contribution in [1.29, 1.82) is 0 Å². The Kier molecular flexibility index (Phi) is 5.18. The first-order valence-electron chi connectivity index (χ1n) is 11.2. The average Bonchev–Trinajstić information content (AvgIpc) is 3.48. The largest absolute Gasteiger partial charge is 0.368 e. The van der Waals surface area contributed by atoms with Crippen LogP contribution in [0.4, 0.5) is 5.95 Å². The van der Waals surface area contributed by atoms with Crippen molar-refractivity contribution < 1.29 is 9.53 Å². The normalized spacial score (nSPS) is 22.9. The molecule has 2 aliphatic heterocycles. The van der Waals surface area contributed by atoms with Crippen LogP contribution in [0.15, 0.2) is 17.1 Å². The molecule has 2 aromatic rings. The summed E-state index contributed by atoms with van der Waals surface area (Å²) >= 11 is 0. The SMILES string of the molecule is Cc1cc(=O)n(C2CCCC2)c2nc(N3CCN(C(=O)C4CCCO4)CC3)ncc12. The zero-order valence-electron chi connectivity index (χ0n) is 17.5. The van der Waals surface area contributed by atoms with E-state index in [9.17, 15) is 9.59 Å². The van der Waals surface area contributed by atoms with E-state index < -0.39 is 0 Å². The standard InChI is InChI=1S/C22H29N5O3/c1-15-13-19(28)27(16-5-2-3-6-16)20-17(15)14-23-22(24-20)26-10-8-25(9-11-26)21(29)18-7-4-12-30-18/h13-14,16,18H,2-12H2,1H3. The lowest BCUT2D eigenvalue weighted by Gasteiger charge is -2.35. The third kappa shape index (κ3) is 3.47. The highest BCUT2D eigenvalue weighted by molar-refractivity contribution is 5.81. The Labute approximate surface area is 175 Å². The van der Waals surface area contributed by atoms with Crippen molar-refractivity contribution in [1.82, 2.24) is 19.4 Å². The minimum absolute atomic E-state index is 0.0310. The summed E-state index contributed by atoms with van der Waals surface area (Å²) in [5.41, 5.74) is 1.70. The van der Waals surface area contributed by atoms with Gasteiger partial charge in [-0.05, 0) is 38.2 Å². The van der Waals surface area contributed by atoms with Crippen LogP contribution in [-0.2, 0) is 9.53 Å². The smallest absolute Gasteiger partial charge is 0.252 e. The molecule has 4 heterocycles. The minimum Gasteiger partial charge on any atom is -0.368 e. The van der Waals surface area contributed by atoms with Gasteiger partial charge in [0.1, 0.15) is 11.8 Å². The third-order valence-corrected chi connectivity index (χ3v) is 6.76. The van der Waals surface area contributed by atoms with E-state index in [-0.39, 0.29) is 23.6 Å². The Bertz CT molecular complexity index is 1000. The van der Waals surface area contributed by atoms with Crippen LogP contribution in [-0.4, -0.2) is 64.2 Å². The molecule has 3 fully saturated rings. The molecule has 8 nitrogen and oxygen atoms in total. The molecule has 0 spiro atoms. The van der Waals surface area contributed by atoms with Crippen LogP contribution in [0, 0.1) is 6.92 Å². The van der Waals surface area contributed by atoms with E-state index in [4.69, 9.17) is 9.72 Å². The lowest BCUT2D eigenvalue weighted by Crippen LogP contribution is -2.51. The molecule has 2 saturated heterocycles. The van der Waals surface area contributed by atoms with E-state index in [2.05, 4.69) is 9.88 Å². The fourth-order valence-electron chi connectivity index (χ4n) is 5.03. The summed E-state index contributed by atoms with van der Waals surface area (Å²) in [5.74, 6) is 0.751. The number of hydrogen-bond acceptors (Lipinski definition) is 6. The van der Waals surface area contributed by atoms with Crippen LogP contribution in [0.5, 0.6) is 0 Å². The fraction of sp³-hybridized carbons (Fsp3) is 0.636. The maximum atomic E-state index is 12.8. The van der Waals surface area contributed by atoms with Crippen molar-refractivity contribution in [3.8, 4) is 0 Å². The number of carbonyl (C=O) groups is 1. The van der Waals surface area contributed by atoms with Crippen LogP contribution < -0.4 is 10.5 Å². The Morgan fingerprint density at radius 3 is 2.57 bits per heavy atom. The van der Waals surface area contributed by atoms with Crippen molar-refractivity contribution >= 4 is 22.9 Å². The fourth-order valence-corrected chi connectivity index (χ4v) is 5.03. The molecular weight excluding hydrogens is 382 g/mol. The van der Waals surface area contributed by atoms with E-state index in [1.165, 1.54) is 0 Å². The van der Waals surface area contributed by atoms with Gasteiger partial charge >= 0.3 is 0 Å². The Balaban J connectivity index is 1.39. The summed E-state index contributed by atoms with van der Waals surface area (Å²) in [5, 5.41) is 0.942. The lowest BCUT2D eigenvalue weighted by atomic mass is 10.1. The quantitative estimate of drug-likeness (QED) is 0.769. The van der Waals surface area contributed by atoms with Crippen LogP contribution in [0.25, 0.3) is 11.0 Å². The maximum absolute atomic E-state index is 12.8. The number of amides is 1. The van der Waals surface area contributed by atoms with Gasteiger partial charge in [0, 0.05) is 56.5 Å². The minimum atomic E-state index is -0.266. The second-order valence-electron chi connectivity index (χ2n) is 8.70. The van der Waals surface area contributed by atoms with Gasteiger partial charge in [-0.1, -0.05) is 12.8 Å². The van der Waals surface area contributed by atoms with Gasteiger partial charge in [-0.15, -0.1) is 0 Å². The zero-order valence-corrected chi connectivity index (χ0v) is 17.5. The molecule has 1 atom stereocenters. The van der Waals surface area contributed by atoms with Gasteiger partial charge in [-0.25, -0.2) is 4.98 Å². The van der Waals surface area contributed by atoms with E-state index in [0.717, 1.165) is 55.1 Å². The number of anilines is 1. The van der Waals surface area contributed by atoms with Gasteiger partial charge in [0.25, 0.3) is 11.5 Å². The topological polar surface area (TPSA) is 80.6 Å². The highest BCUT2D eigenvalue weighted by atomic mass is 16.5. The molecule has 8 heteroatoms. The molecule has 1 amide bonds. The van der Waals surface area contributed by atoms with Crippen LogP contribution in [0.2, 0.25) is 0 Å². The van der Waals surface area contributed by atoms with E-state index in [0.29, 0.717) is 38.7 Å².